The lowest BCUT2D eigenvalue weighted by Gasteiger charge is -2.24. The fraction of sp³-hybridized carbons (Fsp3) is 0.520. The summed E-state index contributed by atoms with van der Waals surface area (Å²) in [6.07, 6.45) is 4.05. The largest absolute Gasteiger partial charge is 0.547 e. The van der Waals surface area contributed by atoms with Gasteiger partial charge in [-0.2, -0.15) is 0 Å². The molecule has 28 heavy (non-hydrogen) atoms. The molecular weight excluding hydrogens is 358 g/mol. The summed E-state index contributed by atoms with van der Waals surface area (Å²) in [5, 5.41) is 0. The van der Waals surface area contributed by atoms with E-state index in [9.17, 15) is 0 Å². The minimum atomic E-state index is -1.20. The fourth-order valence-electron chi connectivity index (χ4n) is 2.66. The predicted octanol–water partition coefficient (Wildman–Crippen LogP) is 5.90. The van der Waals surface area contributed by atoms with Crippen LogP contribution in [-0.4, -0.2) is 34.1 Å². The van der Waals surface area contributed by atoms with E-state index in [1.165, 1.54) is 5.56 Å². The van der Waals surface area contributed by atoms with Crippen molar-refractivity contribution in [3.05, 3.63) is 48.1 Å². The zero-order valence-corrected chi connectivity index (χ0v) is 20.6. The molecule has 0 aliphatic heterocycles. The average Bonchev–Trinajstić information content (AvgIpc) is 2.51. The molecule has 0 saturated carbocycles. The van der Waals surface area contributed by atoms with Crippen molar-refractivity contribution in [3.63, 3.8) is 0 Å². The molecule has 1 aromatic carbocycles. The van der Waals surface area contributed by atoms with Crippen molar-refractivity contribution in [2.24, 2.45) is 5.41 Å². The van der Waals surface area contributed by atoms with E-state index in [0.29, 0.717) is 0 Å². The van der Waals surface area contributed by atoms with Crippen LogP contribution >= 0.6 is 0 Å². The third-order valence-corrected chi connectivity index (χ3v) is 4.84. The highest BCUT2D eigenvalue weighted by atomic mass is 28.3. The Kier molecular flexibility index (Phi) is 8.79. The Bertz CT molecular complexity index is 751. The van der Waals surface area contributed by atoms with E-state index in [0.717, 1.165) is 30.0 Å². The molecule has 0 amide bonds. The number of hydrogen-bond donors (Lipinski definition) is 0. The standard InChI is InChI=1S/C25H39NOSi/c1-20(19-26(8)17-13-11-12-16-24(2,3)4)22-15-14-21(25(5,6)7)18-23(22)27-28(9)10/h11,13-15,18,28H,1,17,19H2,2-10H3. The molecule has 0 heterocycles. The van der Waals surface area contributed by atoms with Gasteiger partial charge in [0.05, 0.1) is 0 Å². The van der Waals surface area contributed by atoms with Crippen molar-refractivity contribution in [1.29, 1.82) is 0 Å². The quantitative estimate of drug-likeness (QED) is 0.420. The van der Waals surface area contributed by atoms with Gasteiger partial charge in [0.25, 0.3) is 0 Å². The van der Waals surface area contributed by atoms with Crippen LogP contribution in [0.3, 0.4) is 0 Å². The van der Waals surface area contributed by atoms with Gasteiger partial charge in [0.2, 0.25) is 9.04 Å². The highest BCUT2D eigenvalue weighted by Gasteiger charge is 2.18. The minimum Gasteiger partial charge on any atom is -0.547 e. The Morgan fingerprint density at radius 1 is 1.18 bits per heavy atom. The number of hydrogen-bond acceptors (Lipinski definition) is 2. The van der Waals surface area contributed by atoms with E-state index >= 15 is 0 Å². The van der Waals surface area contributed by atoms with Gasteiger partial charge in [0.1, 0.15) is 5.75 Å². The maximum absolute atomic E-state index is 6.26. The number of rotatable bonds is 7. The molecule has 0 fully saturated rings. The summed E-state index contributed by atoms with van der Waals surface area (Å²) in [6, 6.07) is 6.58. The second-order valence-electron chi connectivity index (χ2n) is 9.85. The summed E-state index contributed by atoms with van der Waals surface area (Å²) in [5.74, 6) is 7.33. The van der Waals surface area contributed by atoms with Crippen molar-refractivity contribution < 1.29 is 4.43 Å². The summed E-state index contributed by atoms with van der Waals surface area (Å²) >= 11 is 0. The van der Waals surface area contributed by atoms with Gasteiger partial charge < -0.3 is 4.43 Å². The molecule has 154 valence electrons. The first kappa shape index (κ1) is 24.3. The molecule has 0 unspecified atom stereocenters. The molecule has 0 saturated heterocycles. The van der Waals surface area contributed by atoms with Crippen LogP contribution in [0.2, 0.25) is 13.1 Å². The SMILES string of the molecule is C=C(CN(C)CC=CC#CC(C)(C)C)c1ccc(C(C)(C)C)cc1O[SiH](C)C. The Morgan fingerprint density at radius 2 is 1.82 bits per heavy atom. The van der Waals surface area contributed by atoms with Crippen LogP contribution < -0.4 is 4.43 Å². The molecule has 3 heteroatoms. The number of benzene rings is 1. The van der Waals surface area contributed by atoms with Gasteiger partial charge in [-0.05, 0) is 69.6 Å². The first-order valence-corrected chi connectivity index (χ1v) is 12.9. The first-order chi connectivity index (χ1) is 12.8. The highest BCUT2D eigenvalue weighted by Crippen LogP contribution is 2.32. The van der Waals surface area contributed by atoms with Gasteiger partial charge in [0.15, 0.2) is 0 Å². The van der Waals surface area contributed by atoms with Crippen LogP contribution in [0.15, 0.2) is 36.9 Å². The van der Waals surface area contributed by atoms with Gasteiger partial charge in [-0.15, -0.1) is 0 Å². The lowest BCUT2D eigenvalue weighted by Crippen LogP contribution is -2.21. The monoisotopic (exact) mass is 397 g/mol. The summed E-state index contributed by atoms with van der Waals surface area (Å²) < 4.78 is 6.26. The average molecular weight is 398 g/mol. The second kappa shape index (κ2) is 10.1. The molecule has 0 aliphatic carbocycles. The first-order valence-electron chi connectivity index (χ1n) is 10.1. The van der Waals surface area contributed by atoms with Crippen LogP contribution in [0.25, 0.3) is 5.57 Å². The van der Waals surface area contributed by atoms with Crippen LogP contribution in [-0.2, 0) is 5.41 Å². The van der Waals surface area contributed by atoms with Gasteiger partial charge in [-0.1, -0.05) is 57.4 Å². The molecule has 0 radical (unpaired) electrons. The maximum Gasteiger partial charge on any atom is 0.229 e. The fourth-order valence-corrected chi connectivity index (χ4v) is 3.36. The van der Waals surface area contributed by atoms with Gasteiger partial charge in [-0.25, -0.2) is 0 Å². The Labute approximate surface area is 175 Å². The Hall–Kier alpha value is -1.76. The lowest BCUT2D eigenvalue weighted by atomic mass is 9.86. The van der Waals surface area contributed by atoms with Gasteiger partial charge in [0, 0.05) is 24.1 Å². The molecule has 0 atom stereocenters. The predicted molar refractivity (Wildman–Crippen MR) is 128 cm³/mol. The maximum atomic E-state index is 6.26. The van der Waals surface area contributed by atoms with Gasteiger partial charge in [-0.3, -0.25) is 4.90 Å². The molecule has 1 aromatic rings. The molecule has 0 spiro atoms. The summed E-state index contributed by atoms with van der Waals surface area (Å²) in [6.45, 7) is 23.4. The highest BCUT2D eigenvalue weighted by molar-refractivity contribution is 6.49. The van der Waals surface area contributed by atoms with Crippen molar-refractivity contribution in [3.8, 4) is 17.6 Å². The van der Waals surface area contributed by atoms with Crippen LogP contribution in [0.1, 0.15) is 52.7 Å². The molecule has 0 aromatic heterocycles. The van der Waals surface area contributed by atoms with E-state index in [1.54, 1.807) is 0 Å². The second-order valence-corrected chi connectivity index (χ2v) is 12.2. The van der Waals surface area contributed by atoms with Crippen LogP contribution in [0, 0.1) is 17.3 Å². The number of allylic oxidation sites excluding steroid dienone is 1. The zero-order chi connectivity index (χ0) is 21.5. The Balaban J connectivity index is 2.87. The van der Waals surface area contributed by atoms with Gasteiger partial charge >= 0.3 is 0 Å². The smallest absolute Gasteiger partial charge is 0.229 e. The van der Waals surface area contributed by atoms with E-state index in [-0.39, 0.29) is 10.8 Å². The van der Waals surface area contributed by atoms with Crippen LogP contribution in [0.5, 0.6) is 5.75 Å². The van der Waals surface area contributed by atoms with Crippen molar-refractivity contribution in [1.82, 2.24) is 4.90 Å². The van der Waals surface area contributed by atoms with E-state index in [2.05, 4.69) is 109 Å². The third kappa shape index (κ3) is 8.95. The topological polar surface area (TPSA) is 12.5 Å². The summed E-state index contributed by atoms with van der Waals surface area (Å²) in [5.41, 5.74) is 3.65. The lowest BCUT2D eigenvalue weighted by molar-refractivity contribution is 0.418. The van der Waals surface area contributed by atoms with Crippen LogP contribution in [0.4, 0.5) is 0 Å². The number of nitrogens with zero attached hydrogens (tertiary/aromatic N) is 1. The van der Waals surface area contributed by atoms with Crippen molar-refractivity contribution in [2.45, 2.75) is 60.1 Å². The molecule has 2 nitrogen and oxygen atoms in total. The summed E-state index contributed by atoms with van der Waals surface area (Å²) in [7, 11) is 0.906. The minimum absolute atomic E-state index is 0.0415. The van der Waals surface area contributed by atoms with E-state index in [4.69, 9.17) is 4.43 Å². The number of likely N-dealkylation sites (N-methyl/N-ethyl adjacent to an activating group) is 1. The van der Waals surface area contributed by atoms with E-state index < -0.39 is 9.04 Å². The molecule has 0 N–H and O–H groups in total. The molecule has 1 rings (SSSR count). The Morgan fingerprint density at radius 3 is 2.36 bits per heavy atom. The molecular formula is C25H39NOSi. The van der Waals surface area contributed by atoms with E-state index in [1.807, 2.05) is 6.08 Å². The molecule has 0 aliphatic rings. The normalized spacial score (nSPS) is 12.4. The zero-order valence-electron chi connectivity index (χ0n) is 19.4. The third-order valence-electron chi connectivity index (χ3n) is 4.12. The van der Waals surface area contributed by atoms with Crippen molar-refractivity contribution >= 4 is 14.6 Å². The molecule has 0 bridgehead atoms. The van der Waals surface area contributed by atoms with Crippen molar-refractivity contribution in [2.75, 3.05) is 20.1 Å². The summed E-state index contributed by atoms with van der Waals surface area (Å²) in [4.78, 5) is 2.24.